The number of morpholine rings is 1. The second kappa shape index (κ2) is 5.07. The van der Waals surface area contributed by atoms with Crippen LogP contribution in [-0.4, -0.2) is 41.9 Å². The molecule has 0 spiro atoms. The lowest BCUT2D eigenvalue weighted by Crippen LogP contribution is -2.38. The van der Waals surface area contributed by atoms with Crippen molar-refractivity contribution < 1.29 is 9.53 Å². The molecule has 1 fully saturated rings. The number of carbonyl (C=O) groups excluding carboxylic acids is 1. The molecule has 98 valence electrons. The number of likely N-dealkylation sites (N-methyl/N-ethyl adjacent to an activating group) is 1. The Morgan fingerprint density at radius 1 is 1.50 bits per heavy atom. The highest BCUT2D eigenvalue weighted by Crippen LogP contribution is 2.32. The molecule has 1 aromatic rings. The summed E-state index contributed by atoms with van der Waals surface area (Å²) in [5.74, 6) is 0.267. The highest BCUT2D eigenvalue weighted by molar-refractivity contribution is 7.14. The molecular weight excluding hydrogens is 248 g/mol. The average molecular weight is 266 g/mol. The van der Waals surface area contributed by atoms with Crippen LogP contribution in [0.15, 0.2) is 0 Å². The first-order valence-electron chi connectivity index (χ1n) is 6.64. The summed E-state index contributed by atoms with van der Waals surface area (Å²) >= 11 is 1.55. The first-order valence-corrected chi connectivity index (χ1v) is 7.46. The largest absolute Gasteiger partial charge is 0.368 e. The number of hydrogen-bond donors (Lipinski definition) is 0. The zero-order chi connectivity index (χ0) is 12.5. The molecule has 1 atom stereocenters. The summed E-state index contributed by atoms with van der Waals surface area (Å²) < 4.78 is 5.80. The van der Waals surface area contributed by atoms with Gasteiger partial charge >= 0.3 is 0 Å². The molecule has 5 heteroatoms. The third-order valence-electron chi connectivity index (χ3n) is 3.66. The second-order valence-corrected chi connectivity index (χ2v) is 5.89. The highest BCUT2D eigenvalue weighted by Gasteiger charge is 2.28. The fourth-order valence-corrected chi connectivity index (χ4v) is 3.68. The molecule has 0 bridgehead atoms. The molecule has 0 saturated carbocycles. The van der Waals surface area contributed by atoms with Crippen molar-refractivity contribution in [1.82, 2.24) is 9.88 Å². The van der Waals surface area contributed by atoms with E-state index in [1.807, 2.05) is 0 Å². The van der Waals surface area contributed by atoms with Gasteiger partial charge in [-0.3, -0.25) is 9.69 Å². The molecule has 1 aliphatic heterocycles. The number of Topliss-reactive ketones (excluding diaryl/α,β-unsaturated/α-hetero) is 1. The number of rotatable bonds is 2. The predicted molar refractivity (Wildman–Crippen MR) is 70.2 cm³/mol. The maximum Gasteiger partial charge on any atom is 0.174 e. The fourth-order valence-electron chi connectivity index (χ4n) is 2.56. The van der Waals surface area contributed by atoms with Gasteiger partial charge in [0.05, 0.1) is 17.2 Å². The number of nitrogens with zero attached hydrogens (tertiary/aromatic N) is 2. The van der Waals surface area contributed by atoms with Gasteiger partial charge in [-0.1, -0.05) is 6.92 Å². The van der Waals surface area contributed by atoms with Crippen molar-refractivity contribution >= 4 is 17.1 Å². The van der Waals surface area contributed by atoms with Gasteiger partial charge in [-0.25, -0.2) is 4.98 Å². The number of thiazole rings is 1. The third-order valence-corrected chi connectivity index (χ3v) is 4.89. The Morgan fingerprint density at radius 3 is 3.17 bits per heavy atom. The van der Waals surface area contributed by atoms with E-state index in [9.17, 15) is 4.79 Å². The van der Waals surface area contributed by atoms with Crippen molar-refractivity contribution in [2.45, 2.75) is 32.3 Å². The van der Waals surface area contributed by atoms with Crippen LogP contribution >= 0.6 is 11.3 Å². The van der Waals surface area contributed by atoms with Crippen LogP contribution in [0, 0.1) is 0 Å². The third kappa shape index (κ3) is 2.22. The van der Waals surface area contributed by atoms with Crippen LogP contribution in [0.2, 0.25) is 0 Å². The fraction of sp³-hybridized carbons (Fsp3) is 0.692. The van der Waals surface area contributed by atoms with Gasteiger partial charge in [0.1, 0.15) is 11.1 Å². The number of aryl methyl sites for hydroxylation is 1. The number of fused-ring (bicyclic) bond motifs is 1. The Balaban J connectivity index is 1.82. The smallest absolute Gasteiger partial charge is 0.174 e. The van der Waals surface area contributed by atoms with Gasteiger partial charge < -0.3 is 4.74 Å². The first-order chi connectivity index (χ1) is 8.78. The van der Waals surface area contributed by atoms with Crippen molar-refractivity contribution in [3.63, 3.8) is 0 Å². The second-order valence-electron chi connectivity index (χ2n) is 4.86. The van der Waals surface area contributed by atoms with Gasteiger partial charge in [-0.05, 0) is 19.4 Å². The van der Waals surface area contributed by atoms with Crippen LogP contribution in [0.25, 0.3) is 0 Å². The number of aromatic nitrogens is 1. The number of ketones is 1. The minimum Gasteiger partial charge on any atom is -0.368 e. The molecule has 1 unspecified atom stereocenters. The maximum atomic E-state index is 11.8. The molecule has 2 aliphatic rings. The highest BCUT2D eigenvalue weighted by atomic mass is 32.1. The molecular formula is C13H18N2O2S. The van der Waals surface area contributed by atoms with E-state index in [-0.39, 0.29) is 11.9 Å². The van der Waals surface area contributed by atoms with Crippen molar-refractivity contribution in [2.75, 3.05) is 26.2 Å². The number of hydrogen-bond acceptors (Lipinski definition) is 5. The van der Waals surface area contributed by atoms with Crippen molar-refractivity contribution in [3.05, 3.63) is 15.6 Å². The molecule has 4 nitrogen and oxygen atoms in total. The van der Waals surface area contributed by atoms with E-state index in [2.05, 4.69) is 16.8 Å². The molecule has 0 amide bonds. The molecule has 1 aliphatic carbocycles. The summed E-state index contributed by atoms with van der Waals surface area (Å²) in [4.78, 5) is 19.7. The van der Waals surface area contributed by atoms with E-state index in [0.717, 1.165) is 54.7 Å². The SMILES string of the molecule is CCN1CCOC(c2nc3c(s2)C(=O)CCC3)C1. The van der Waals surface area contributed by atoms with Gasteiger partial charge in [0.25, 0.3) is 0 Å². The average Bonchev–Trinajstić information content (AvgIpc) is 2.84. The van der Waals surface area contributed by atoms with Gasteiger partial charge in [0.2, 0.25) is 0 Å². The number of carbonyl (C=O) groups is 1. The summed E-state index contributed by atoms with van der Waals surface area (Å²) in [7, 11) is 0. The Hall–Kier alpha value is -0.780. The maximum absolute atomic E-state index is 11.8. The van der Waals surface area contributed by atoms with Crippen LogP contribution in [0.3, 0.4) is 0 Å². The van der Waals surface area contributed by atoms with Crippen LogP contribution < -0.4 is 0 Å². The van der Waals surface area contributed by atoms with Crippen LogP contribution in [-0.2, 0) is 11.2 Å². The zero-order valence-electron chi connectivity index (χ0n) is 10.6. The molecule has 1 saturated heterocycles. The normalized spacial score (nSPS) is 25.2. The minimum absolute atomic E-state index is 0.0575. The summed E-state index contributed by atoms with van der Waals surface area (Å²) in [6.07, 6.45) is 2.63. The van der Waals surface area contributed by atoms with E-state index < -0.39 is 0 Å². The van der Waals surface area contributed by atoms with Gasteiger partial charge in [0.15, 0.2) is 5.78 Å². The summed E-state index contributed by atoms with van der Waals surface area (Å²) in [5.41, 5.74) is 1.00. The molecule has 0 radical (unpaired) electrons. The monoisotopic (exact) mass is 266 g/mol. The van der Waals surface area contributed by atoms with Crippen molar-refractivity contribution in [3.8, 4) is 0 Å². The zero-order valence-corrected chi connectivity index (χ0v) is 11.5. The van der Waals surface area contributed by atoms with Crippen molar-refractivity contribution in [2.24, 2.45) is 0 Å². The Morgan fingerprint density at radius 2 is 2.39 bits per heavy atom. The van der Waals surface area contributed by atoms with Crippen LogP contribution in [0.4, 0.5) is 0 Å². The van der Waals surface area contributed by atoms with E-state index in [1.165, 1.54) is 0 Å². The first kappa shape index (κ1) is 12.3. The van der Waals surface area contributed by atoms with Crippen LogP contribution in [0.5, 0.6) is 0 Å². The van der Waals surface area contributed by atoms with E-state index in [1.54, 1.807) is 11.3 Å². The molecule has 0 N–H and O–H groups in total. The van der Waals surface area contributed by atoms with E-state index >= 15 is 0 Å². The summed E-state index contributed by atoms with van der Waals surface area (Å²) in [6.45, 7) is 5.87. The lowest BCUT2D eigenvalue weighted by molar-refractivity contribution is -0.0283. The summed E-state index contributed by atoms with van der Waals surface area (Å²) in [5, 5.41) is 0.994. The van der Waals surface area contributed by atoms with Gasteiger partial charge in [0, 0.05) is 19.5 Å². The number of ether oxygens (including phenoxy) is 1. The van der Waals surface area contributed by atoms with Crippen LogP contribution in [0.1, 0.15) is 46.2 Å². The van der Waals surface area contributed by atoms with Gasteiger partial charge in [-0.15, -0.1) is 11.3 Å². The Bertz CT molecular complexity index is 458. The molecule has 0 aromatic carbocycles. The van der Waals surface area contributed by atoms with Crippen molar-refractivity contribution in [1.29, 1.82) is 0 Å². The topological polar surface area (TPSA) is 42.4 Å². The Kier molecular flexibility index (Phi) is 3.46. The summed E-state index contributed by atoms with van der Waals surface area (Å²) in [6, 6.07) is 0. The quantitative estimate of drug-likeness (QED) is 0.821. The lowest BCUT2D eigenvalue weighted by atomic mass is 10.0. The Labute approximate surface area is 111 Å². The molecule has 3 rings (SSSR count). The molecule has 18 heavy (non-hydrogen) atoms. The van der Waals surface area contributed by atoms with E-state index in [4.69, 9.17) is 4.74 Å². The molecule has 2 heterocycles. The van der Waals surface area contributed by atoms with Gasteiger partial charge in [-0.2, -0.15) is 0 Å². The molecule has 1 aromatic heterocycles. The van der Waals surface area contributed by atoms with E-state index in [0.29, 0.717) is 6.42 Å². The lowest BCUT2D eigenvalue weighted by Gasteiger charge is -2.30. The predicted octanol–water partition coefficient (Wildman–Crippen LogP) is 2.06. The standard InChI is InChI=1S/C13H18N2O2S/c1-2-15-6-7-17-11(8-15)13-14-9-4-3-5-10(16)12(9)18-13/h11H,2-8H2,1H3. The minimum atomic E-state index is 0.0575.